The fraction of sp³-hybridized carbons (Fsp3) is 0.931. The quantitative estimate of drug-likeness (QED) is 0.0290. The van der Waals surface area contributed by atoms with Gasteiger partial charge in [-0.15, -0.1) is 0 Å². The number of amides is 2. The third-order valence-corrected chi connectivity index (χ3v) is 15.5. The first kappa shape index (κ1) is 70.3. The van der Waals surface area contributed by atoms with Crippen LogP contribution in [0.2, 0.25) is 0 Å². The molecule has 17 atom stereocenters. The van der Waals surface area contributed by atoms with E-state index in [1.165, 1.54) is 135 Å². The third-order valence-electron chi connectivity index (χ3n) is 15.5. The number of carbonyl (C=O) groups excluding carboxylic acids is 2. The van der Waals surface area contributed by atoms with Crippen LogP contribution in [0, 0.1) is 0 Å². The van der Waals surface area contributed by atoms with Crippen molar-refractivity contribution in [1.29, 1.82) is 0 Å². The molecule has 3 fully saturated rings. The molecule has 2 amide bonds. The monoisotopic (exact) mass is 1120 g/mol. The highest BCUT2D eigenvalue weighted by molar-refractivity contribution is 5.76. The minimum absolute atomic E-state index is 0.244. The molecular weight excluding hydrogens is 1010 g/mol. The summed E-state index contributed by atoms with van der Waals surface area (Å²) in [5, 5.41) is 113. The van der Waals surface area contributed by atoms with Crippen molar-refractivity contribution in [1.82, 2.24) is 10.6 Å². The number of unbranched alkanes of at least 4 members (excludes halogenated alkanes) is 27. The van der Waals surface area contributed by atoms with E-state index >= 15 is 0 Å². The molecule has 0 aliphatic carbocycles. The van der Waals surface area contributed by atoms with E-state index in [0.29, 0.717) is 6.42 Å². The molecule has 3 aliphatic heterocycles. The first-order chi connectivity index (χ1) is 37.7. The van der Waals surface area contributed by atoms with Gasteiger partial charge in [-0.25, -0.2) is 0 Å². The average molecular weight is 1120 g/mol. The van der Waals surface area contributed by atoms with Crippen molar-refractivity contribution < 1.29 is 89.1 Å². The molecule has 0 radical (unpaired) electrons. The van der Waals surface area contributed by atoms with Crippen LogP contribution in [0.25, 0.3) is 0 Å². The summed E-state index contributed by atoms with van der Waals surface area (Å²) in [5.74, 6) is -0.923. The van der Waals surface area contributed by atoms with Crippen molar-refractivity contribution in [2.45, 2.75) is 318 Å². The Morgan fingerprint density at radius 1 is 0.500 bits per heavy atom. The fourth-order valence-corrected chi connectivity index (χ4v) is 10.6. The molecule has 3 rings (SSSR count). The summed E-state index contributed by atoms with van der Waals surface area (Å²) in [7, 11) is 0. The van der Waals surface area contributed by atoms with Crippen LogP contribution in [0.15, 0.2) is 12.2 Å². The SMILES string of the molecule is CCCCCCCCCCCCC/C=C/[C@@H](O)[C@H](CO[C@@H]1O[C@H](CO)[C@@H](O[C@@H]2O[C@H](CO)[C@H](O[C@@H]3O[C@H](CO)[C@H](O)[C@H](O)[C@H]3NC(C)=O)[C@H](O)[C@H]2O)[C@H](O)C1O)NC(=O)CCCCCCCCCCCCCCCCCCC. The number of allylic oxidation sites excluding steroid dienone is 1. The highest BCUT2D eigenvalue weighted by Gasteiger charge is 2.54. The van der Waals surface area contributed by atoms with Crippen molar-refractivity contribution in [3.63, 3.8) is 0 Å². The Labute approximate surface area is 466 Å². The van der Waals surface area contributed by atoms with Crippen molar-refractivity contribution in [2.75, 3.05) is 26.4 Å². The number of ether oxygens (including phenoxy) is 6. The number of aliphatic hydroxyl groups is 10. The summed E-state index contributed by atoms with van der Waals surface area (Å²) < 4.78 is 34.8. The molecule has 20 heteroatoms. The van der Waals surface area contributed by atoms with Crippen molar-refractivity contribution >= 4 is 11.8 Å². The zero-order chi connectivity index (χ0) is 57.1. The molecule has 0 aromatic rings. The lowest BCUT2D eigenvalue weighted by molar-refractivity contribution is -0.374. The molecule has 3 heterocycles. The number of rotatable bonds is 44. The van der Waals surface area contributed by atoms with Gasteiger partial charge in [-0.2, -0.15) is 0 Å². The summed E-state index contributed by atoms with van der Waals surface area (Å²) in [6.07, 6.45) is 13.9. The van der Waals surface area contributed by atoms with Crippen molar-refractivity contribution in [3.05, 3.63) is 12.2 Å². The summed E-state index contributed by atoms with van der Waals surface area (Å²) in [6.45, 7) is 2.83. The highest BCUT2D eigenvalue weighted by Crippen LogP contribution is 2.33. The highest BCUT2D eigenvalue weighted by atomic mass is 16.8. The van der Waals surface area contributed by atoms with E-state index in [9.17, 15) is 60.7 Å². The van der Waals surface area contributed by atoms with Crippen LogP contribution in [0.5, 0.6) is 0 Å². The van der Waals surface area contributed by atoms with Gasteiger partial charge in [0.1, 0.15) is 73.2 Å². The first-order valence-corrected chi connectivity index (χ1v) is 30.4. The van der Waals surface area contributed by atoms with Crippen molar-refractivity contribution in [3.8, 4) is 0 Å². The lowest BCUT2D eigenvalue weighted by Gasteiger charge is -2.48. The standard InChI is InChI=1S/C58H108N2O18/c1-4-6-8-10-12-14-16-18-19-20-21-23-25-27-29-31-33-35-46(66)60-41(42(65)34-32-30-28-26-24-22-17-15-13-11-9-7-5-2)39-73-57-52(71)50(69)55(44(37-62)75-57)78-58-53(72)51(70)54(45(38-63)76-58)77-56-47(59-40(3)64)49(68)48(67)43(36-61)74-56/h32,34,41-45,47-58,61-63,65,67-72H,4-31,33,35-39H2,1-3H3,(H,59,64)(H,60,66)/b34-32+/t41-,42+,43+,44+,45+,47+,48-,49+,50+,51+,52?,53+,54-,55+,56-,57+,58-/m0/s1. The molecule has 458 valence electrons. The Bertz CT molecular complexity index is 1550. The molecule has 3 aliphatic rings. The predicted octanol–water partition coefficient (Wildman–Crippen LogP) is 4.74. The Kier molecular flexibility index (Phi) is 37.8. The largest absolute Gasteiger partial charge is 0.394 e. The molecule has 0 aromatic heterocycles. The van der Waals surface area contributed by atoms with Gasteiger partial charge >= 0.3 is 0 Å². The van der Waals surface area contributed by atoms with Gasteiger partial charge in [0.2, 0.25) is 11.8 Å². The zero-order valence-corrected chi connectivity index (χ0v) is 47.7. The summed E-state index contributed by atoms with van der Waals surface area (Å²) in [5.41, 5.74) is 0. The maximum atomic E-state index is 13.3. The van der Waals surface area contributed by atoms with Gasteiger partial charge in [0.05, 0.1) is 38.6 Å². The second-order valence-electron chi connectivity index (χ2n) is 22.2. The van der Waals surface area contributed by atoms with Crippen LogP contribution >= 0.6 is 0 Å². The minimum Gasteiger partial charge on any atom is -0.394 e. The topological polar surface area (TPSA) is 316 Å². The van der Waals surface area contributed by atoms with Crippen molar-refractivity contribution in [2.24, 2.45) is 0 Å². The second kappa shape index (κ2) is 41.9. The molecule has 78 heavy (non-hydrogen) atoms. The summed E-state index contributed by atoms with van der Waals surface area (Å²) in [4.78, 5) is 25.3. The Hall–Kier alpha value is -1.96. The van der Waals surface area contributed by atoms with Crippen LogP contribution in [0.4, 0.5) is 0 Å². The molecule has 20 nitrogen and oxygen atoms in total. The Morgan fingerprint density at radius 2 is 0.897 bits per heavy atom. The smallest absolute Gasteiger partial charge is 0.220 e. The number of aliphatic hydroxyl groups excluding tert-OH is 10. The zero-order valence-electron chi connectivity index (χ0n) is 47.7. The van der Waals surface area contributed by atoms with E-state index in [1.807, 2.05) is 6.08 Å². The van der Waals surface area contributed by atoms with E-state index in [1.54, 1.807) is 6.08 Å². The summed E-state index contributed by atoms with van der Waals surface area (Å²) >= 11 is 0. The van der Waals surface area contributed by atoms with Crippen LogP contribution in [-0.2, 0) is 38.0 Å². The van der Waals surface area contributed by atoms with Gasteiger partial charge in [0, 0.05) is 13.3 Å². The molecule has 12 N–H and O–H groups in total. The number of nitrogens with one attached hydrogen (secondary N) is 2. The Morgan fingerprint density at radius 3 is 1.35 bits per heavy atom. The lowest BCUT2D eigenvalue weighted by atomic mass is 9.95. The maximum Gasteiger partial charge on any atom is 0.220 e. The third kappa shape index (κ3) is 26.1. The Balaban J connectivity index is 1.54. The minimum atomic E-state index is -1.99. The van der Waals surface area contributed by atoms with Gasteiger partial charge < -0.3 is 90.1 Å². The van der Waals surface area contributed by atoms with Crippen LogP contribution in [-0.4, -0.2) is 194 Å². The van der Waals surface area contributed by atoms with Gasteiger partial charge in [-0.1, -0.05) is 193 Å². The lowest BCUT2D eigenvalue weighted by Crippen LogP contribution is -2.68. The van der Waals surface area contributed by atoms with Gasteiger partial charge in [0.15, 0.2) is 18.9 Å². The van der Waals surface area contributed by atoms with E-state index in [2.05, 4.69) is 24.5 Å². The molecule has 0 spiro atoms. The summed E-state index contributed by atoms with van der Waals surface area (Å²) in [6, 6.07) is -2.40. The average Bonchev–Trinajstić information content (AvgIpc) is 3.43. The molecule has 1 unspecified atom stereocenters. The van der Waals surface area contributed by atoms with Gasteiger partial charge in [-0.3, -0.25) is 9.59 Å². The van der Waals surface area contributed by atoms with Crippen LogP contribution < -0.4 is 10.6 Å². The first-order valence-electron chi connectivity index (χ1n) is 30.4. The molecule has 0 saturated carbocycles. The molecule has 0 bridgehead atoms. The molecule has 0 aromatic carbocycles. The number of hydrogen-bond acceptors (Lipinski definition) is 18. The fourth-order valence-electron chi connectivity index (χ4n) is 10.6. The van der Waals surface area contributed by atoms with Crippen LogP contribution in [0.1, 0.15) is 213 Å². The number of carbonyl (C=O) groups is 2. The second-order valence-corrected chi connectivity index (χ2v) is 22.2. The van der Waals surface area contributed by atoms with Crippen LogP contribution in [0.3, 0.4) is 0 Å². The van der Waals surface area contributed by atoms with E-state index in [-0.39, 0.29) is 18.9 Å². The molecule has 3 saturated heterocycles. The van der Waals surface area contributed by atoms with Gasteiger partial charge in [-0.05, 0) is 19.3 Å². The normalized spacial score (nSPS) is 30.4. The number of hydrogen-bond donors (Lipinski definition) is 12. The maximum absolute atomic E-state index is 13.3. The predicted molar refractivity (Wildman–Crippen MR) is 294 cm³/mol. The van der Waals surface area contributed by atoms with Gasteiger partial charge in [0.25, 0.3) is 0 Å². The van der Waals surface area contributed by atoms with E-state index < -0.39 is 130 Å². The van der Waals surface area contributed by atoms with E-state index in [0.717, 1.165) is 51.9 Å². The van der Waals surface area contributed by atoms with E-state index in [4.69, 9.17) is 28.4 Å². The molecular formula is C58H108N2O18.